The Balaban J connectivity index is 2.59. The van der Waals surface area contributed by atoms with E-state index in [0.29, 0.717) is 25.2 Å². The lowest BCUT2D eigenvalue weighted by atomic mass is 10.1. The molecule has 0 radical (unpaired) electrons. The number of aliphatic carboxylic acids is 1. The van der Waals surface area contributed by atoms with Crippen LogP contribution in [0.25, 0.3) is 0 Å². The highest BCUT2D eigenvalue weighted by atomic mass is 16.4. The van der Waals surface area contributed by atoms with Crippen molar-refractivity contribution in [1.29, 1.82) is 0 Å². The second-order valence-electron chi connectivity index (χ2n) is 4.61. The number of carboxylic acids is 1. The fourth-order valence-electron chi connectivity index (χ4n) is 1.83. The average molecular weight is 267 g/mol. The normalized spacial score (nSPS) is 12.1. The molecule has 6 nitrogen and oxygen atoms in total. The summed E-state index contributed by atoms with van der Waals surface area (Å²) < 4.78 is 1.62. The molecule has 0 saturated carbocycles. The quantitative estimate of drug-likeness (QED) is 0.749. The van der Waals surface area contributed by atoms with Gasteiger partial charge in [-0.05, 0) is 26.2 Å². The molecule has 1 heterocycles. The number of nitrogens with zero attached hydrogens (tertiary/aromatic N) is 2. The zero-order valence-electron chi connectivity index (χ0n) is 11.4. The first-order valence-electron chi connectivity index (χ1n) is 6.58. The van der Waals surface area contributed by atoms with Crippen molar-refractivity contribution in [3.05, 3.63) is 22.7 Å². The van der Waals surface area contributed by atoms with E-state index in [1.54, 1.807) is 17.0 Å². The molecule has 6 heteroatoms. The summed E-state index contributed by atoms with van der Waals surface area (Å²) in [6.07, 6.45) is 5.58. The van der Waals surface area contributed by atoms with Crippen molar-refractivity contribution >= 4 is 11.8 Å². The van der Waals surface area contributed by atoms with Gasteiger partial charge in [-0.25, -0.2) is 4.98 Å². The third-order valence-electron chi connectivity index (χ3n) is 2.79. The van der Waals surface area contributed by atoms with Crippen LogP contribution >= 0.6 is 0 Å². The molecule has 19 heavy (non-hydrogen) atoms. The second-order valence-corrected chi connectivity index (χ2v) is 4.61. The summed E-state index contributed by atoms with van der Waals surface area (Å²) >= 11 is 0. The van der Waals surface area contributed by atoms with Gasteiger partial charge in [0, 0.05) is 31.4 Å². The largest absolute Gasteiger partial charge is 0.481 e. The zero-order valence-corrected chi connectivity index (χ0v) is 11.4. The van der Waals surface area contributed by atoms with Crippen LogP contribution in [0.5, 0.6) is 0 Å². The number of rotatable bonds is 8. The first-order valence-corrected chi connectivity index (χ1v) is 6.58. The summed E-state index contributed by atoms with van der Waals surface area (Å²) in [6, 6.07) is 0.0250. The van der Waals surface area contributed by atoms with Crippen LogP contribution in [0.1, 0.15) is 39.5 Å². The summed E-state index contributed by atoms with van der Waals surface area (Å²) in [7, 11) is 0. The Morgan fingerprint density at radius 2 is 2.32 bits per heavy atom. The molecule has 0 fully saturated rings. The predicted molar refractivity (Wildman–Crippen MR) is 73.4 cm³/mol. The number of nitrogens with one attached hydrogen (secondary N) is 1. The van der Waals surface area contributed by atoms with E-state index in [0.717, 1.165) is 6.42 Å². The van der Waals surface area contributed by atoms with E-state index in [1.807, 2.05) is 13.8 Å². The van der Waals surface area contributed by atoms with Gasteiger partial charge in [-0.1, -0.05) is 6.92 Å². The van der Waals surface area contributed by atoms with E-state index in [4.69, 9.17) is 5.11 Å². The van der Waals surface area contributed by atoms with Crippen LogP contribution in [0, 0.1) is 0 Å². The Kier molecular flexibility index (Phi) is 6.05. The van der Waals surface area contributed by atoms with E-state index in [2.05, 4.69) is 10.3 Å². The first-order chi connectivity index (χ1) is 9.04. The molecule has 0 aliphatic heterocycles. The number of aryl methyl sites for hydroxylation is 1. The molecule has 0 amide bonds. The van der Waals surface area contributed by atoms with Gasteiger partial charge in [0.15, 0.2) is 5.82 Å². The van der Waals surface area contributed by atoms with Crippen LogP contribution in [-0.4, -0.2) is 26.7 Å². The molecule has 0 saturated heterocycles. The van der Waals surface area contributed by atoms with Gasteiger partial charge in [-0.3, -0.25) is 9.59 Å². The molecule has 0 aliphatic rings. The number of carboxylic acid groups (broad SMARTS) is 1. The average Bonchev–Trinajstić information content (AvgIpc) is 2.34. The van der Waals surface area contributed by atoms with Gasteiger partial charge in [0.05, 0.1) is 0 Å². The zero-order chi connectivity index (χ0) is 14.3. The molecule has 0 bridgehead atoms. The minimum atomic E-state index is -0.796. The van der Waals surface area contributed by atoms with Crippen molar-refractivity contribution < 1.29 is 9.90 Å². The Morgan fingerprint density at radius 1 is 1.58 bits per heavy atom. The highest BCUT2D eigenvalue weighted by Gasteiger charge is 2.09. The van der Waals surface area contributed by atoms with E-state index in [1.165, 1.54) is 0 Å². The third kappa shape index (κ3) is 5.11. The van der Waals surface area contributed by atoms with E-state index >= 15 is 0 Å². The summed E-state index contributed by atoms with van der Waals surface area (Å²) in [5.41, 5.74) is -0.130. The summed E-state index contributed by atoms with van der Waals surface area (Å²) in [5, 5.41) is 11.6. The molecule has 2 N–H and O–H groups in total. The number of anilines is 1. The summed E-state index contributed by atoms with van der Waals surface area (Å²) in [5.74, 6) is -0.464. The van der Waals surface area contributed by atoms with Crippen molar-refractivity contribution in [3.63, 3.8) is 0 Å². The van der Waals surface area contributed by atoms with Gasteiger partial charge >= 0.3 is 5.97 Å². The number of aromatic nitrogens is 2. The van der Waals surface area contributed by atoms with Crippen molar-refractivity contribution in [2.75, 3.05) is 5.32 Å². The van der Waals surface area contributed by atoms with Crippen molar-refractivity contribution in [1.82, 2.24) is 9.55 Å². The third-order valence-corrected chi connectivity index (χ3v) is 2.79. The van der Waals surface area contributed by atoms with Gasteiger partial charge < -0.3 is 15.0 Å². The molecule has 1 rings (SSSR count). The molecule has 1 atom stereocenters. The maximum absolute atomic E-state index is 12.0. The van der Waals surface area contributed by atoms with Crippen LogP contribution in [0.4, 0.5) is 5.82 Å². The topological polar surface area (TPSA) is 84.2 Å². The lowest BCUT2D eigenvalue weighted by Crippen LogP contribution is -2.27. The van der Waals surface area contributed by atoms with E-state index in [-0.39, 0.29) is 18.0 Å². The van der Waals surface area contributed by atoms with Crippen LogP contribution in [0.2, 0.25) is 0 Å². The molecule has 106 valence electrons. The summed E-state index contributed by atoms with van der Waals surface area (Å²) in [6.45, 7) is 4.60. The highest BCUT2D eigenvalue weighted by molar-refractivity contribution is 5.66. The molecule has 1 unspecified atom stereocenters. The van der Waals surface area contributed by atoms with Crippen LogP contribution in [-0.2, 0) is 11.3 Å². The molecule has 0 aliphatic carbocycles. The van der Waals surface area contributed by atoms with Crippen molar-refractivity contribution in [2.24, 2.45) is 0 Å². The second kappa shape index (κ2) is 7.56. The summed E-state index contributed by atoms with van der Waals surface area (Å²) in [4.78, 5) is 26.5. The smallest absolute Gasteiger partial charge is 0.303 e. The van der Waals surface area contributed by atoms with Crippen LogP contribution < -0.4 is 10.9 Å². The number of hydrogen-bond donors (Lipinski definition) is 2. The fraction of sp³-hybridized carbons (Fsp3) is 0.615. The van der Waals surface area contributed by atoms with Crippen molar-refractivity contribution in [2.45, 2.75) is 52.1 Å². The number of carbonyl (C=O) groups is 1. The van der Waals surface area contributed by atoms with Crippen LogP contribution in [0.3, 0.4) is 0 Å². The fourth-order valence-corrected chi connectivity index (χ4v) is 1.83. The van der Waals surface area contributed by atoms with Gasteiger partial charge in [0.1, 0.15) is 0 Å². The standard InChI is InChI=1S/C13H21N3O3/c1-3-8-16-9-7-14-12(13(16)19)15-10(2)5-4-6-11(17)18/h7,9-10H,3-6,8H2,1-2H3,(H,14,15)(H,17,18). The SMILES string of the molecule is CCCn1ccnc(NC(C)CCCC(=O)O)c1=O. The number of hydrogen-bond acceptors (Lipinski definition) is 4. The molecule has 1 aromatic rings. The molecular weight excluding hydrogens is 246 g/mol. The van der Waals surface area contributed by atoms with Gasteiger partial charge in [-0.2, -0.15) is 0 Å². The first kappa shape index (κ1) is 15.2. The molecule has 0 spiro atoms. The monoisotopic (exact) mass is 267 g/mol. The Morgan fingerprint density at radius 3 is 2.95 bits per heavy atom. The van der Waals surface area contributed by atoms with Gasteiger partial charge in [-0.15, -0.1) is 0 Å². The minimum Gasteiger partial charge on any atom is -0.481 e. The van der Waals surface area contributed by atoms with Gasteiger partial charge in [0.25, 0.3) is 5.56 Å². The molecule has 0 aromatic carbocycles. The lowest BCUT2D eigenvalue weighted by molar-refractivity contribution is -0.137. The maximum atomic E-state index is 12.0. The Hall–Kier alpha value is -1.85. The molecule has 1 aromatic heterocycles. The maximum Gasteiger partial charge on any atom is 0.303 e. The minimum absolute atomic E-state index is 0.0250. The highest BCUT2D eigenvalue weighted by Crippen LogP contribution is 2.05. The van der Waals surface area contributed by atoms with E-state index in [9.17, 15) is 9.59 Å². The lowest BCUT2D eigenvalue weighted by Gasteiger charge is -2.14. The van der Waals surface area contributed by atoms with Gasteiger partial charge in [0.2, 0.25) is 0 Å². The molecular formula is C13H21N3O3. The van der Waals surface area contributed by atoms with E-state index < -0.39 is 5.97 Å². The Labute approximate surface area is 112 Å². The predicted octanol–water partition coefficient (Wildman–Crippen LogP) is 1.71. The van der Waals surface area contributed by atoms with Crippen molar-refractivity contribution in [3.8, 4) is 0 Å². The van der Waals surface area contributed by atoms with Crippen LogP contribution in [0.15, 0.2) is 17.2 Å². The Bertz CT molecular complexity index is 470.